The fourth-order valence-corrected chi connectivity index (χ4v) is 1.61. The van der Waals surface area contributed by atoms with E-state index < -0.39 is 5.60 Å². The van der Waals surface area contributed by atoms with E-state index in [1.54, 1.807) is 25.1 Å². The number of carbonyl (C=O) groups excluding carboxylic acids is 1. The highest BCUT2D eigenvalue weighted by Gasteiger charge is 2.23. The number of hydrogen-bond acceptors (Lipinski definition) is 3. The van der Waals surface area contributed by atoms with Gasteiger partial charge in [-0.2, -0.15) is 0 Å². The molecule has 0 aliphatic carbocycles. The van der Waals surface area contributed by atoms with Crippen LogP contribution >= 0.6 is 11.6 Å². The van der Waals surface area contributed by atoms with Crippen molar-refractivity contribution in [1.29, 1.82) is 0 Å². The molecule has 1 rings (SSSR count). The Kier molecular flexibility index (Phi) is 6.16. The minimum Gasteiger partial charge on any atom is -0.492 e. The number of unbranched alkanes of at least 4 members (excludes halogenated alkanes) is 1. The van der Waals surface area contributed by atoms with Crippen LogP contribution in [0.5, 0.6) is 11.5 Å². The van der Waals surface area contributed by atoms with Crippen molar-refractivity contribution in [2.45, 2.75) is 45.6 Å². The molecule has 1 aromatic rings. The van der Waals surface area contributed by atoms with Gasteiger partial charge >= 0.3 is 0 Å². The Morgan fingerprint density at radius 3 is 2.68 bits per heavy atom. The van der Waals surface area contributed by atoms with Gasteiger partial charge in [0, 0.05) is 6.07 Å². The third kappa shape index (κ3) is 4.75. The molecule has 19 heavy (non-hydrogen) atoms. The van der Waals surface area contributed by atoms with Crippen molar-refractivity contribution in [2.24, 2.45) is 0 Å². The Balaban J connectivity index is 2.80. The Morgan fingerprint density at radius 1 is 1.37 bits per heavy atom. The summed E-state index contributed by atoms with van der Waals surface area (Å²) in [5, 5.41) is 0.549. The lowest BCUT2D eigenvalue weighted by Gasteiger charge is -2.23. The molecule has 0 bridgehead atoms. The molecule has 0 radical (unpaired) electrons. The molecule has 0 aliphatic rings. The van der Waals surface area contributed by atoms with Gasteiger partial charge < -0.3 is 9.47 Å². The van der Waals surface area contributed by atoms with E-state index in [2.05, 4.69) is 6.92 Å². The SMILES string of the molecule is CCCCOc1cc(O[C@@](C)(C=O)CC)ccc1Cl. The standard InChI is InChI=1S/C15H21ClO3/c1-4-6-9-18-14-10-12(7-8-13(14)16)19-15(3,5-2)11-17/h7-8,10-11H,4-6,9H2,1-3H3/t15-/m1/s1. The second kappa shape index (κ2) is 7.39. The van der Waals surface area contributed by atoms with Crippen molar-refractivity contribution < 1.29 is 14.3 Å². The summed E-state index contributed by atoms with van der Waals surface area (Å²) in [6, 6.07) is 5.20. The summed E-state index contributed by atoms with van der Waals surface area (Å²) in [5.41, 5.74) is -0.811. The van der Waals surface area contributed by atoms with E-state index >= 15 is 0 Å². The van der Waals surface area contributed by atoms with Crippen LogP contribution in [0.1, 0.15) is 40.0 Å². The van der Waals surface area contributed by atoms with Crippen molar-refractivity contribution in [3.05, 3.63) is 23.2 Å². The maximum atomic E-state index is 11.0. The maximum Gasteiger partial charge on any atom is 0.163 e. The number of hydrogen-bond donors (Lipinski definition) is 0. The van der Waals surface area contributed by atoms with Crippen molar-refractivity contribution in [1.82, 2.24) is 0 Å². The Labute approximate surface area is 119 Å². The molecule has 3 nitrogen and oxygen atoms in total. The second-order valence-electron chi connectivity index (χ2n) is 4.68. The summed E-state index contributed by atoms with van der Waals surface area (Å²) < 4.78 is 11.3. The molecule has 0 unspecified atom stereocenters. The van der Waals surface area contributed by atoms with Crippen molar-refractivity contribution in [3.63, 3.8) is 0 Å². The summed E-state index contributed by atoms with van der Waals surface area (Å²) in [6.07, 6.45) is 3.46. The average Bonchev–Trinajstić information content (AvgIpc) is 2.42. The molecule has 0 fully saturated rings. The molecule has 0 aromatic heterocycles. The number of carbonyl (C=O) groups is 1. The first kappa shape index (κ1) is 15.8. The van der Waals surface area contributed by atoms with Gasteiger partial charge in [-0.1, -0.05) is 31.9 Å². The van der Waals surface area contributed by atoms with E-state index in [9.17, 15) is 4.79 Å². The Bertz CT molecular complexity index is 420. The van der Waals surface area contributed by atoms with Gasteiger partial charge in [0.1, 0.15) is 11.5 Å². The van der Waals surface area contributed by atoms with Crippen molar-refractivity contribution in [2.75, 3.05) is 6.61 Å². The zero-order valence-electron chi connectivity index (χ0n) is 11.7. The van der Waals surface area contributed by atoms with Crippen molar-refractivity contribution >= 4 is 17.9 Å². The van der Waals surface area contributed by atoms with Gasteiger partial charge in [-0.25, -0.2) is 0 Å². The summed E-state index contributed by atoms with van der Waals surface area (Å²) in [6.45, 7) is 6.38. The highest BCUT2D eigenvalue weighted by atomic mass is 35.5. The van der Waals surface area contributed by atoms with Crippen LogP contribution < -0.4 is 9.47 Å². The first-order chi connectivity index (χ1) is 9.04. The third-order valence-corrected chi connectivity index (χ3v) is 3.27. The van der Waals surface area contributed by atoms with E-state index in [4.69, 9.17) is 21.1 Å². The van der Waals surface area contributed by atoms with Gasteiger partial charge in [-0.3, -0.25) is 4.79 Å². The molecule has 106 valence electrons. The van der Waals surface area contributed by atoms with E-state index in [1.165, 1.54) is 0 Å². The summed E-state index contributed by atoms with van der Waals surface area (Å²) in [5.74, 6) is 1.18. The van der Waals surface area contributed by atoms with Crippen LogP contribution in [0.4, 0.5) is 0 Å². The van der Waals surface area contributed by atoms with Crippen LogP contribution in [0.25, 0.3) is 0 Å². The van der Waals surface area contributed by atoms with E-state index in [0.29, 0.717) is 29.5 Å². The summed E-state index contributed by atoms with van der Waals surface area (Å²) >= 11 is 6.06. The van der Waals surface area contributed by atoms with Crippen LogP contribution in [0.3, 0.4) is 0 Å². The maximum absolute atomic E-state index is 11.0. The van der Waals surface area contributed by atoms with Gasteiger partial charge in [0.15, 0.2) is 11.9 Å². The molecule has 0 amide bonds. The fraction of sp³-hybridized carbons (Fsp3) is 0.533. The molecule has 0 aliphatic heterocycles. The molecule has 4 heteroatoms. The van der Waals surface area contributed by atoms with Crippen LogP contribution in [0, 0.1) is 0 Å². The van der Waals surface area contributed by atoms with E-state index in [-0.39, 0.29) is 0 Å². The normalized spacial score (nSPS) is 13.7. The van der Waals surface area contributed by atoms with Gasteiger partial charge in [0.2, 0.25) is 0 Å². The molecule has 0 heterocycles. The molecule has 1 aromatic carbocycles. The van der Waals surface area contributed by atoms with Crippen LogP contribution in [0.2, 0.25) is 5.02 Å². The monoisotopic (exact) mass is 284 g/mol. The largest absolute Gasteiger partial charge is 0.492 e. The van der Waals surface area contributed by atoms with Crippen molar-refractivity contribution in [3.8, 4) is 11.5 Å². The Hall–Kier alpha value is -1.22. The summed E-state index contributed by atoms with van der Waals surface area (Å²) in [4.78, 5) is 11.0. The van der Waals surface area contributed by atoms with E-state index in [0.717, 1.165) is 19.1 Å². The zero-order chi connectivity index (χ0) is 14.3. The number of benzene rings is 1. The van der Waals surface area contributed by atoms with Gasteiger partial charge in [-0.15, -0.1) is 0 Å². The first-order valence-electron chi connectivity index (χ1n) is 6.62. The van der Waals surface area contributed by atoms with Crippen LogP contribution in [-0.4, -0.2) is 18.5 Å². The smallest absolute Gasteiger partial charge is 0.163 e. The van der Waals surface area contributed by atoms with Gasteiger partial charge in [-0.05, 0) is 31.9 Å². The number of aldehydes is 1. The molecule has 0 spiro atoms. The fourth-order valence-electron chi connectivity index (χ4n) is 1.43. The highest BCUT2D eigenvalue weighted by molar-refractivity contribution is 6.32. The number of ether oxygens (including phenoxy) is 2. The van der Waals surface area contributed by atoms with Crippen LogP contribution in [-0.2, 0) is 4.79 Å². The minimum atomic E-state index is -0.811. The lowest BCUT2D eigenvalue weighted by molar-refractivity contribution is -0.120. The number of rotatable bonds is 8. The molecular weight excluding hydrogens is 264 g/mol. The Morgan fingerprint density at radius 2 is 2.11 bits per heavy atom. The zero-order valence-corrected chi connectivity index (χ0v) is 12.5. The highest BCUT2D eigenvalue weighted by Crippen LogP contribution is 2.31. The predicted octanol–water partition coefficient (Wildman–Crippen LogP) is 4.27. The second-order valence-corrected chi connectivity index (χ2v) is 5.09. The van der Waals surface area contributed by atoms with Gasteiger partial charge in [0.05, 0.1) is 11.6 Å². The quantitative estimate of drug-likeness (QED) is 0.528. The van der Waals surface area contributed by atoms with Crippen LogP contribution in [0.15, 0.2) is 18.2 Å². The molecular formula is C15H21ClO3. The van der Waals surface area contributed by atoms with Gasteiger partial charge in [0.25, 0.3) is 0 Å². The third-order valence-electron chi connectivity index (χ3n) is 2.96. The topological polar surface area (TPSA) is 35.5 Å². The lowest BCUT2D eigenvalue weighted by atomic mass is 10.1. The molecule has 0 saturated carbocycles. The predicted molar refractivity (Wildman–Crippen MR) is 77.2 cm³/mol. The molecule has 0 N–H and O–H groups in total. The molecule has 1 atom stereocenters. The van der Waals surface area contributed by atoms with E-state index in [1.807, 2.05) is 6.92 Å². The molecule has 0 saturated heterocycles. The lowest BCUT2D eigenvalue weighted by Crippen LogP contribution is -2.33. The first-order valence-corrected chi connectivity index (χ1v) is 7.00. The minimum absolute atomic E-state index is 0.549. The average molecular weight is 285 g/mol. The number of halogens is 1. The summed E-state index contributed by atoms with van der Waals surface area (Å²) in [7, 11) is 0.